The second kappa shape index (κ2) is 6.44. The van der Waals surface area contributed by atoms with Crippen molar-refractivity contribution in [3.8, 4) is 0 Å². The minimum Gasteiger partial charge on any atom is -0.480 e. The van der Waals surface area contributed by atoms with Crippen molar-refractivity contribution in [2.45, 2.75) is 38.8 Å². The molecular weight excluding hydrogens is 222 g/mol. The summed E-state index contributed by atoms with van der Waals surface area (Å²) in [4.78, 5) is 24.3. The van der Waals surface area contributed by atoms with Gasteiger partial charge in [0.2, 0.25) is 0 Å². The van der Waals surface area contributed by atoms with Crippen LogP contribution in [0.5, 0.6) is 0 Å². The summed E-state index contributed by atoms with van der Waals surface area (Å²) in [6.45, 7) is 6.18. The molecule has 17 heavy (non-hydrogen) atoms. The van der Waals surface area contributed by atoms with E-state index in [4.69, 9.17) is 5.11 Å². The zero-order chi connectivity index (χ0) is 12.8. The number of likely N-dealkylation sites (N-methyl/N-ethyl adjacent to an activating group) is 1. The molecule has 0 aromatic rings. The molecule has 1 rings (SSSR count). The normalized spacial score (nSPS) is 22.1. The zero-order valence-electron chi connectivity index (χ0n) is 10.4. The third-order valence-corrected chi connectivity index (χ3v) is 3.12. The highest BCUT2D eigenvalue weighted by Crippen LogP contribution is 2.15. The largest absolute Gasteiger partial charge is 0.480 e. The van der Waals surface area contributed by atoms with Gasteiger partial charge >= 0.3 is 12.0 Å². The van der Waals surface area contributed by atoms with Crippen LogP contribution in [-0.2, 0) is 4.79 Å². The Labute approximate surface area is 101 Å². The van der Waals surface area contributed by atoms with Crippen molar-refractivity contribution in [1.29, 1.82) is 0 Å². The van der Waals surface area contributed by atoms with E-state index >= 15 is 0 Å². The molecule has 6 heteroatoms. The third kappa shape index (κ3) is 4.22. The van der Waals surface area contributed by atoms with E-state index in [0.29, 0.717) is 12.6 Å². The molecule has 2 atom stereocenters. The number of amides is 2. The fraction of sp³-hybridized carbons (Fsp3) is 0.818. The number of rotatable bonds is 5. The quantitative estimate of drug-likeness (QED) is 0.646. The first-order valence-electron chi connectivity index (χ1n) is 6.05. The summed E-state index contributed by atoms with van der Waals surface area (Å²) < 4.78 is 0. The van der Waals surface area contributed by atoms with Gasteiger partial charge in [0.05, 0.1) is 0 Å². The minimum atomic E-state index is -1.03. The van der Waals surface area contributed by atoms with Crippen LogP contribution in [0.1, 0.15) is 26.7 Å². The smallest absolute Gasteiger partial charge is 0.325 e. The van der Waals surface area contributed by atoms with Gasteiger partial charge in [0.15, 0.2) is 0 Å². The van der Waals surface area contributed by atoms with E-state index < -0.39 is 18.0 Å². The van der Waals surface area contributed by atoms with E-state index in [9.17, 15) is 9.59 Å². The van der Waals surface area contributed by atoms with Crippen LogP contribution in [0.3, 0.4) is 0 Å². The number of likely N-dealkylation sites (tertiary alicyclic amines) is 1. The van der Waals surface area contributed by atoms with E-state index in [1.807, 2.05) is 0 Å². The van der Waals surface area contributed by atoms with Crippen LogP contribution in [0.15, 0.2) is 0 Å². The first-order valence-corrected chi connectivity index (χ1v) is 6.05. The number of nitrogens with zero attached hydrogens (tertiary/aromatic N) is 1. The molecule has 1 saturated heterocycles. The van der Waals surface area contributed by atoms with Crippen LogP contribution in [0.4, 0.5) is 4.79 Å². The summed E-state index contributed by atoms with van der Waals surface area (Å²) in [5, 5.41) is 13.7. The maximum Gasteiger partial charge on any atom is 0.325 e. The lowest BCUT2D eigenvalue weighted by atomic mass is 10.2. The van der Waals surface area contributed by atoms with Gasteiger partial charge in [-0.2, -0.15) is 0 Å². The minimum absolute atomic E-state index is 0.380. The lowest BCUT2D eigenvalue weighted by Crippen LogP contribution is -2.48. The number of carboxylic acids is 1. The maximum absolute atomic E-state index is 11.4. The number of carboxylic acid groups (broad SMARTS) is 1. The second-order valence-electron chi connectivity index (χ2n) is 4.34. The Bertz CT molecular complexity index is 283. The van der Waals surface area contributed by atoms with E-state index in [1.54, 1.807) is 0 Å². The van der Waals surface area contributed by atoms with Crippen molar-refractivity contribution in [1.82, 2.24) is 15.5 Å². The van der Waals surface area contributed by atoms with Crippen LogP contribution in [-0.4, -0.2) is 53.7 Å². The maximum atomic E-state index is 11.4. The number of hydrogen-bond donors (Lipinski definition) is 3. The number of carbonyl (C=O) groups is 2. The molecular formula is C11H21N3O3. The highest BCUT2D eigenvalue weighted by molar-refractivity contribution is 5.82. The van der Waals surface area contributed by atoms with E-state index in [2.05, 4.69) is 22.5 Å². The average molecular weight is 243 g/mol. The van der Waals surface area contributed by atoms with Crippen molar-refractivity contribution in [3.05, 3.63) is 0 Å². The average Bonchev–Trinajstić information content (AvgIpc) is 2.73. The number of hydrogen-bond acceptors (Lipinski definition) is 3. The Morgan fingerprint density at radius 2 is 2.24 bits per heavy atom. The van der Waals surface area contributed by atoms with Crippen LogP contribution in [0, 0.1) is 0 Å². The van der Waals surface area contributed by atoms with Gasteiger partial charge in [-0.1, -0.05) is 6.92 Å². The van der Waals surface area contributed by atoms with Gasteiger partial charge in [-0.05, 0) is 32.9 Å². The SMILES string of the molecule is CCN1CCCC1CNC(=O)NC(C)C(=O)O. The molecule has 1 aliphatic rings. The molecule has 3 N–H and O–H groups in total. The summed E-state index contributed by atoms with van der Waals surface area (Å²) in [5.41, 5.74) is 0. The summed E-state index contributed by atoms with van der Waals surface area (Å²) in [6, 6.07) is -0.894. The highest BCUT2D eigenvalue weighted by atomic mass is 16.4. The van der Waals surface area contributed by atoms with Gasteiger partial charge in [-0.25, -0.2) is 4.79 Å². The monoisotopic (exact) mass is 243 g/mol. The van der Waals surface area contributed by atoms with Gasteiger partial charge in [-0.15, -0.1) is 0 Å². The lowest BCUT2D eigenvalue weighted by molar-refractivity contribution is -0.138. The van der Waals surface area contributed by atoms with Gasteiger partial charge in [0, 0.05) is 12.6 Å². The Morgan fingerprint density at radius 3 is 2.82 bits per heavy atom. The van der Waals surface area contributed by atoms with Crippen molar-refractivity contribution >= 4 is 12.0 Å². The second-order valence-corrected chi connectivity index (χ2v) is 4.34. The molecule has 2 unspecified atom stereocenters. The molecule has 0 aromatic carbocycles. The van der Waals surface area contributed by atoms with Gasteiger partial charge in [0.1, 0.15) is 6.04 Å². The first kappa shape index (κ1) is 13.8. The number of nitrogens with one attached hydrogen (secondary N) is 2. The van der Waals surface area contributed by atoms with Gasteiger partial charge in [-0.3, -0.25) is 9.69 Å². The van der Waals surface area contributed by atoms with Crippen molar-refractivity contribution in [3.63, 3.8) is 0 Å². The Hall–Kier alpha value is -1.30. The molecule has 98 valence electrons. The summed E-state index contributed by atoms with van der Waals surface area (Å²) in [7, 11) is 0. The Morgan fingerprint density at radius 1 is 1.53 bits per heavy atom. The predicted molar refractivity (Wildman–Crippen MR) is 63.9 cm³/mol. The molecule has 6 nitrogen and oxygen atoms in total. The fourth-order valence-electron chi connectivity index (χ4n) is 2.06. The Kier molecular flexibility index (Phi) is 5.21. The summed E-state index contributed by atoms with van der Waals surface area (Å²) >= 11 is 0. The van der Waals surface area contributed by atoms with Crippen molar-refractivity contribution < 1.29 is 14.7 Å². The molecule has 2 amide bonds. The molecule has 1 fully saturated rings. The van der Waals surface area contributed by atoms with Gasteiger partial charge < -0.3 is 15.7 Å². The molecule has 0 saturated carbocycles. The first-order chi connectivity index (χ1) is 8.04. The molecule has 0 bridgehead atoms. The number of urea groups is 1. The molecule has 0 aromatic heterocycles. The molecule has 0 spiro atoms. The van der Waals surface area contributed by atoms with E-state index in [1.165, 1.54) is 6.92 Å². The molecule has 1 heterocycles. The molecule has 1 aliphatic heterocycles. The lowest BCUT2D eigenvalue weighted by Gasteiger charge is -2.23. The van der Waals surface area contributed by atoms with E-state index in [-0.39, 0.29) is 0 Å². The zero-order valence-corrected chi connectivity index (χ0v) is 10.4. The standard InChI is InChI=1S/C11H21N3O3/c1-3-14-6-4-5-9(14)7-12-11(17)13-8(2)10(15)16/h8-9H,3-7H2,1-2H3,(H,15,16)(H2,12,13,17). The topological polar surface area (TPSA) is 81.7 Å². The molecule has 0 radical (unpaired) electrons. The van der Waals surface area contributed by atoms with Crippen LogP contribution < -0.4 is 10.6 Å². The van der Waals surface area contributed by atoms with Crippen LogP contribution in [0.2, 0.25) is 0 Å². The summed E-state index contributed by atoms with van der Waals surface area (Å²) in [6.07, 6.45) is 2.25. The molecule has 0 aliphatic carbocycles. The summed E-state index contributed by atoms with van der Waals surface area (Å²) in [5.74, 6) is -1.03. The number of aliphatic carboxylic acids is 1. The van der Waals surface area contributed by atoms with Crippen LogP contribution >= 0.6 is 0 Å². The van der Waals surface area contributed by atoms with Crippen molar-refractivity contribution in [2.24, 2.45) is 0 Å². The highest BCUT2D eigenvalue weighted by Gasteiger charge is 2.23. The Balaban J connectivity index is 2.26. The fourth-order valence-corrected chi connectivity index (χ4v) is 2.06. The van der Waals surface area contributed by atoms with E-state index in [0.717, 1.165) is 25.9 Å². The third-order valence-electron chi connectivity index (χ3n) is 3.12. The number of carbonyl (C=O) groups excluding carboxylic acids is 1. The predicted octanol–water partition coefficient (Wildman–Crippen LogP) is 0.243. The van der Waals surface area contributed by atoms with Crippen LogP contribution in [0.25, 0.3) is 0 Å². The van der Waals surface area contributed by atoms with Crippen molar-refractivity contribution in [2.75, 3.05) is 19.6 Å². The van der Waals surface area contributed by atoms with Gasteiger partial charge in [0.25, 0.3) is 0 Å².